The molecule has 4 N–H and O–H groups in total. The lowest BCUT2D eigenvalue weighted by Gasteiger charge is -2.12. The molecule has 0 radical (unpaired) electrons. The summed E-state index contributed by atoms with van der Waals surface area (Å²) in [7, 11) is 1.53. The molecule has 0 atom stereocenters. The lowest BCUT2D eigenvalue weighted by atomic mass is 10.1. The zero-order valence-electron chi connectivity index (χ0n) is 11.1. The molecule has 8 heteroatoms. The summed E-state index contributed by atoms with van der Waals surface area (Å²) in [5.41, 5.74) is 7.65. The Labute approximate surface area is 119 Å². The molecule has 8 nitrogen and oxygen atoms in total. The average molecular weight is 281 g/mol. The third-order valence-electron chi connectivity index (χ3n) is 2.91. The van der Waals surface area contributed by atoms with Crippen molar-refractivity contribution in [2.24, 2.45) is 0 Å². The van der Waals surface area contributed by atoms with E-state index in [9.17, 15) is 5.26 Å². The molecule has 0 spiro atoms. The summed E-state index contributed by atoms with van der Waals surface area (Å²) in [6.07, 6.45) is 1.50. The summed E-state index contributed by atoms with van der Waals surface area (Å²) in [4.78, 5) is 15.1. The number of rotatable bonds is 3. The van der Waals surface area contributed by atoms with Crippen molar-refractivity contribution in [1.82, 2.24) is 19.9 Å². The molecule has 1 aromatic carbocycles. The van der Waals surface area contributed by atoms with Gasteiger partial charge in [0.1, 0.15) is 23.0 Å². The van der Waals surface area contributed by atoms with Gasteiger partial charge in [0.25, 0.3) is 0 Å². The van der Waals surface area contributed by atoms with E-state index in [0.29, 0.717) is 34.0 Å². The largest absolute Gasteiger partial charge is 0.495 e. The number of anilines is 3. The van der Waals surface area contributed by atoms with Crippen LogP contribution in [0.3, 0.4) is 0 Å². The summed E-state index contributed by atoms with van der Waals surface area (Å²) in [5, 5.41) is 12.3. The van der Waals surface area contributed by atoms with Crippen molar-refractivity contribution in [3.05, 3.63) is 30.1 Å². The Morgan fingerprint density at radius 2 is 2.24 bits per heavy atom. The van der Waals surface area contributed by atoms with Crippen LogP contribution in [-0.2, 0) is 0 Å². The van der Waals surface area contributed by atoms with Crippen molar-refractivity contribution in [1.29, 1.82) is 5.26 Å². The number of nitrogens with two attached hydrogens (primary N) is 1. The van der Waals surface area contributed by atoms with Gasteiger partial charge in [0.2, 0.25) is 5.95 Å². The Morgan fingerprint density at radius 3 is 3.00 bits per heavy atom. The number of H-pyrrole nitrogens is 1. The fourth-order valence-corrected chi connectivity index (χ4v) is 1.98. The second kappa shape index (κ2) is 4.97. The maximum absolute atomic E-state index is 9.22. The van der Waals surface area contributed by atoms with Crippen molar-refractivity contribution < 1.29 is 4.74 Å². The fourth-order valence-electron chi connectivity index (χ4n) is 1.98. The van der Waals surface area contributed by atoms with Gasteiger partial charge in [0.05, 0.1) is 19.0 Å². The molecule has 2 heterocycles. The molecule has 0 amide bonds. The van der Waals surface area contributed by atoms with E-state index in [1.165, 1.54) is 13.4 Å². The Bertz CT molecular complexity index is 849. The SMILES string of the molecule is COc1cccc(C#N)c1Nc1nc(N)nc2nc[nH]c12. The summed E-state index contributed by atoms with van der Waals surface area (Å²) in [6, 6.07) is 7.27. The number of ether oxygens (including phenoxy) is 1. The monoisotopic (exact) mass is 281 g/mol. The summed E-state index contributed by atoms with van der Waals surface area (Å²) in [6.45, 7) is 0. The maximum Gasteiger partial charge on any atom is 0.224 e. The molecular weight excluding hydrogens is 270 g/mol. The van der Waals surface area contributed by atoms with Crippen molar-refractivity contribution in [2.75, 3.05) is 18.2 Å². The van der Waals surface area contributed by atoms with Gasteiger partial charge < -0.3 is 20.8 Å². The molecule has 0 saturated heterocycles. The van der Waals surface area contributed by atoms with Crippen LogP contribution < -0.4 is 15.8 Å². The molecule has 0 aliphatic carbocycles. The van der Waals surface area contributed by atoms with E-state index < -0.39 is 0 Å². The van der Waals surface area contributed by atoms with E-state index in [-0.39, 0.29) is 5.95 Å². The molecule has 0 fully saturated rings. The number of nitriles is 1. The first-order valence-corrected chi connectivity index (χ1v) is 6.03. The van der Waals surface area contributed by atoms with Crippen LogP contribution in [0.25, 0.3) is 11.2 Å². The van der Waals surface area contributed by atoms with Crippen LogP contribution >= 0.6 is 0 Å². The fraction of sp³-hybridized carbons (Fsp3) is 0.0769. The minimum Gasteiger partial charge on any atom is -0.495 e. The van der Waals surface area contributed by atoms with Crippen LogP contribution in [0.1, 0.15) is 5.56 Å². The van der Waals surface area contributed by atoms with E-state index >= 15 is 0 Å². The minimum atomic E-state index is 0.0884. The van der Waals surface area contributed by atoms with Gasteiger partial charge >= 0.3 is 0 Å². The molecule has 0 unspecified atom stereocenters. The number of nitrogen functional groups attached to an aromatic ring is 1. The van der Waals surface area contributed by atoms with Crippen LogP contribution in [0, 0.1) is 11.3 Å². The predicted molar refractivity (Wildman–Crippen MR) is 77.1 cm³/mol. The molecular formula is C13H11N7O. The number of nitrogens with one attached hydrogen (secondary N) is 2. The summed E-state index contributed by atoms with van der Waals surface area (Å²) in [5.74, 6) is 1.04. The van der Waals surface area contributed by atoms with Crippen LogP contribution in [0.2, 0.25) is 0 Å². The molecule has 3 rings (SSSR count). The zero-order valence-corrected chi connectivity index (χ0v) is 11.1. The predicted octanol–water partition coefficient (Wildman–Crippen LogP) is 1.56. The van der Waals surface area contributed by atoms with Crippen molar-refractivity contribution in [3.8, 4) is 11.8 Å². The highest BCUT2D eigenvalue weighted by atomic mass is 16.5. The normalized spacial score (nSPS) is 10.3. The van der Waals surface area contributed by atoms with Crippen LogP contribution in [0.15, 0.2) is 24.5 Å². The van der Waals surface area contributed by atoms with E-state index in [4.69, 9.17) is 10.5 Å². The number of nitrogens with zero attached hydrogens (tertiary/aromatic N) is 4. The van der Waals surface area contributed by atoms with E-state index in [0.717, 1.165) is 0 Å². The Kier molecular flexibility index (Phi) is 3.00. The van der Waals surface area contributed by atoms with Gasteiger partial charge in [0.15, 0.2) is 11.5 Å². The van der Waals surface area contributed by atoms with E-state index in [2.05, 4.69) is 31.3 Å². The molecule has 21 heavy (non-hydrogen) atoms. The number of fused-ring (bicyclic) bond motifs is 1. The van der Waals surface area contributed by atoms with Crippen LogP contribution in [0.4, 0.5) is 17.5 Å². The quantitative estimate of drug-likeness (QED) is 0.665. The van der Waals surface area contributed by atoms with Gasteiger partial charge in [-0.15, -0.1) is 0 Å². The Hall–Kier alpha value is -3.34. The molecule has 3 aromatic rings. The van der Waals surface area contributed by atoms with E-state index in [1.807, 2.05) is 0 Å². The number of benzene rings is 1. The standard InChI is InChI=1S/C13H11N7O/c1-21-8-4-2-3-7(5-14)9(8)18-12-10-11(17-6-16-10)19-13(15)20-12/h2-4,6H,1H3,(H4,15,16,17,18,19,20). The van der Waals surface area contributed by atoms with Crippen molar-refractivity contribution in [3.63, 3.8) is 0 Å². The number of aromatic amines is 1. The molecule has 0 bridgehead atoms. The lowest BCUT2D eigenvalue weighted by molar-refractivity contribution is 0.416. The number of hydrogen-bond donors (Lipinski definition) is 3. The first-order valence-electron chi connectivity index (χ1n) is 6.03. The first kappa shape index (κ1) is 12.7. The smallest absolute Gasteiger partial charge is 0.224 e. The molecule has 104 valence electrons. The number of methoxy groups -OCH3 is 1. The van der Waals surface area contributed by atoms with E-state index in [1.54, 1.807) is 18.2 Å². The second-order valence-corrected chi connectivity index (χ2v) is 4.15. The number of aromatic nitrogens is 4. The number of imidazole rings is 1. The number of hydrogen-bond acceptors (Lipinski definition) is 7. The highest BCUT2D eigenvalue weighted by Gasteiger charge is 2.14. The summed E-state index contributed by atoms with van der Waals surface area (Å²) >= 11 is 0. The van der Waals surface area contributed by atoms with Crippen LogP contribution in [0.5, 0.6) is 5.75 Å². The Balaban J connectivity index is 2.15. The van der Waals surface area contributed by atoms with Gasteiger partial charge in [-0.05, 0) is 12.1 Å². The first-order chi connectivity index (χ1) is 10.2. The second-order valence-electron chi connectivity index (χ2n) is 4.15. The molecule has 0 aliphatic heterocycles. The highest BCUT2D eigenvalue weighted by molar-refractivity contribution is 5.87. The molecule has 0 aliphatic rings. The van der Waals surface area contributed by atoms with Gasteiger partial charge in [-0.3, -0.25) is 0 Å². The minimum absolute atomic E-state index is 0.0884. The van der Waals surface area contributed by atoms with Crippen molar-refractivity contribution >= 4 is 28.6 Å². The molecule has 0 saturated carbocycles. The molecule has 2 aromatic heterocycles. The number of para-hydroxylation sites is 1. The van der Waals surface area contributed by atoms with Gasteiger partial charge in [-0.1, -0.05) is 6.07 Å². The van der Waals surface area contributed by atoms with Gasteiger partial charge in [-0.25, -0.2) is 4.98 Å². The third-order valence-corrected chi connectivity index (χ3v) is 2.91. The zero-order chi connectivity index (χ0) is 14.8. The topological polar surface area (TPSA) is 126 Å². The van der Waals surface area contributed by atoms with Gasteiger partial charge in [0, 0.05) is 0 Å². The van der Waals surface area contributed by atoms with Crippen molar-refractivity contribution in [2.45, 2.75) is 0 Å². The Morgan fingerprint density at radius 1 is 1.38 bits per heavy atom. The third kappa shape index (κ3) is 2.17. The lowest BCUT2D eigenvalue weighted by Crippen LogP contribution is -2.03. The summed E-state index contributed by atoms with van der Waals surface area (Å²) < 4.78 is 5.27. The van der Waals surface area contributed by atoms with Crippen LogP contribution in [-0.4, -0.2) is 27.0 Å². The van der Waals surface area contributed by atoms with Gasteiger partial charge in [-0.2, -0.15) is 15.2 Å². The maximum atomic E-state index is 9.22. The highest BCUT2D eigenvalue weighted by Crippen LogP contribution is 2.32. The average Bonchev–Trinajstić information content (AvgIpc) is 2.95.